The molecule has 0 rings (SSSR count). The topological polar surface area (TPSA) is 72.2 Å². The quantitative estimate of drug-likeness (QED) is 0.550. The molecule has 0 saturated heterocycles. The van der Waals surface area contributed by atoms with Crippen molar-refractivity contribution in [3.63, 3.8) is 0 Å². The molecule has 0 bridgehead atoms. The molecule has 0 atom stereocenters. The number of amides is 2. The maximum Gasteiger partial charge on any atom is 0.309 e. The number of carbonyl (C=O) groups excluding carboxylic acids is 2. The lowest BCUT2D eigenvalue weighted by atomic mass is 10.1. The van der Waals surface area contributed by atoms with E-state index in [-0.39, 0.29) is 0 Å². The molecule has 0 unspecified atom stereocenters. The van der Waals surface area contributed by atoms with E-state index in [1.807, 2.05) is 13.8 Å². The fourth-order valence-electron chi connectivity index (χ4n) is 0.561. The Hall–Kier alpha value is -1.06. The molecule has 0 aromatic carbocycles. The van der Waals surface area contributed by atoms with Crippen molar-refractivity contribution < 1.29 is 9.59 Å². The van der Waals surface area contributed by atoms with Crippen LogP contribution in [0.15, 0.2) is 0 Å². The largest absolute Gasteiger partial charge is 0.361 e. The van der Waals surface area contributed by atoms with Gasteiger partial charge in [0.1, 0.15) is 0 Å². The minimum atomic E-state index is -0.922. The average Bonchev–Trinajstić information content (AvgIpc) is 1.86. The van der Waals surface area contributed by atoms with Crippen LogP contribution >= 0.6 is 0 Å². The highest BCUT2D eigenvalue weighted by Gasteiger charge is 2.06. The monoisotopic (exact) mass is 158 g/mol. The maximum absolute atomic E-state index is 10.5. The molecule has 0 saturated carbocycles. The molecule has 4 nitrogen and oxygen atoms in total. The molecular weight excluding hydrogens is 144 g/mol. The normalized spacial score (nSPS) is 9.73. The van der Waals surface area contributed by atoms with Crippen molar-refractivity contribution in [3.05, 3.63) is 0 Å². The summed E-state index contributed by atoms with van der Waals surface area (Å²) in [5.41, 5.74) is 4.70. The van der Waals surface area contributed by atoms with E-state index in [1.165, 1.54) is 0 Å². The second-order valence-electron chi connectivity index (χ2n) is 2.80. The Morgan fingerprint density at radius 2 is 2.00 bits per heavy atom. The van der Waals surface area contributed by atoms with Gasteiger partial charge in [-0.1, -0.05) is 13.8 Å². The van der Waals surface area contributed by atoms with E-state index in [1.54, 1.807) is 0 Å². The van der Waals surface area contributed by atoms with Gasteiger partial charge < -0.3 is 11.1 Å². The van der Waals surface area contributed by atoms with E-state index in [2.05, 4.69) is 5.32 Å². The summed E-state index contributed by atoms with van der Waals surface area (Å²) in [5.74, 6) is -1.11. The third-order valence-electron chi connectivity index (χ3n) is 1.23. The van der Waals surface area contributed by atoms with Gasteiger partial charge in [-0.25, -0.2) is 0 Å². The van der Waals surface area contributed by atoms with E-state index >= 15 is 0 Å². The minimum Gasteiger partial charge on any atom is -0.361 e. The van der Waals surface area contributed by atoms with Crippen molar-refractivity contribution in [2.45, 2.75) is 20.3 Å². The molecular formula is C7H14N2O2. The van der Waals surface area contributed by atoms with Crippen LogP contribution in [0.25, 0.3) is 0 Å². The number of hydrogen-bond donors (Lipinski definition) is 2. The molecule has 2 amide bonds. The second-order valence-corrected chi connectivity index (χ2v) is 2.80. The van der Waals surface area contributed by atoms with Crippen LogP contribution in [0, 0.1) is 5.92 Å². The van der Waals surface area contributed by atoms with Gasteiger partial charge in [0.15, 0.2) is 0 Å². The van der Waals surface area contributed by atoms with Crippen molar-refractivity contribution in [1.82, 2.24) is 5.32 Å². The van der Waals surface area contributed by atoms with E-state index in [9.17, 15) is 9.59 Å². The van der Waals surface area contributed by atoms with Gasteiger partial charge in [-0.15, -0.1) is 0 Å². The number of carbonyl (C=O) groups is 2. The van der Waals surface area contributed by atoms with Gasteiger partial charge in [-0.05, 0) is 12.3 Å². The highest BCUT2D eigenvalue weighted by molar-refractivity contribution is 6.34. The molecule has 0 aliphatic rings. The van der Waals surface area contributed by atoms with Crippen molar-refractivity contribution >= 4 is 11.8 Å². The first-order valence-corrected chi connectivity index (χ1v) is 3.61. The van der Waals surface area contributed by atoms with Crippen LogP contribution in [0.3, 0.4) is 0 Å². The van der Waals surface area contributed by atoms with Crippen LogP contribution in [-0.4, -0.2) is 18.4 Å². The molecule has 64 valence electrons. The van der Waals surface area contributed by atoms with Gasteiger partial charge >= 0.3 is 11.8 Å². The molecule has 0 aromatic heterocycles. The Labute approximate surface area is 66.1 Å². The molecule has 0 spiro atoms. The molecule has 3 N–H and O–H groups in total. The van der Waals surface area contributed by atoms with Crippen LogP contribution in [0.2, 0.25) is 0 Å². The van der Waals surface area contributed by atoms with Gasteiger partial charge in [0.05, 0.1) is 0 Å². The van der Waals surface area contributed by atoms with Crippen LogP contribution in [0.5, 0.6) is 0 Å². The summed E-state index contributed by atoms with van der Waals surface area (Å²) in [6, 6.07) is 0. The predicted molar refractivity (Wildman–Crippen MR) is 41.7 cm³/mol. The van der Waals surface area contributed by atoms with Crippen molar-refractivity contribution in [2.75, 3.05) is 6.54 Å². The minimum absolute atomic E-state index is 0.513. The maximum atomic E-state index is 10.5. The van der Waals surface area contributed by atoms with Gasteiger partial charge in [-0.3, -0.25) is 9.59 Å². The van der Waals surface area contributed by atoms with E-state index in [4.69, 9.17) is 5.73 Å². The number of nitrogens with one attached hydrogen (secondary N) is 1. The van der Waals surface area contributed by atoms with Gasteiger partial charge in [-0.2, -0.15) is 0 Å². The molecule has 4 heteroatoms. The summed E-state index contributed by atoms with van der Waals surface area (Å²) < 4.78 is 0. The summed E-state index contributed by atoms with van der Waals surface area (Å²) in [4.78, 5) is 20.7. The first-order chi connectivity index (χ1) is 5.04. The summed E-state index contributed by atoms with van der Waals surface area (Å²) in [6.45, 7) is 4.59. The van der Waals surface area contributed by atoms with E-state index in [0.29, 0.717) is 12.5 Å². The lowest BCUT2D eigenvalue weighted by Gasteiger charge is -2.04. The SMILES string of the molecule is CC(C)CCNC(=O)C(N)=O. The number of hydrogen-bond acceptors (Lipinski definition) is 2. The zero-order chi connectivity index (χ0) is 8.85. The fraction of sp³-hybridized carbons (Fsp3) is 0.714. The number of rotatable bonds is 3. The van der Waals surface area contributed by atoms with Crippen LogP contribution in [-0.2, 0) is 9.59 Å². The summed E-state index contributed by atoms with van der Waals surface area (Å²) in [5, 5.41) is 2.40. The number of primary amides is 1. The van der Waals surface area contributed by atoms with Gasteiger partial charge in [0, 0.05) is 6.54 Å². The smallest absolute Gasteiger partial charge is 0.309 e. The zero-order valence-corrected chi connectivity index (χ0v) is 6.89. The molecule has 0 fully saturated rings. The van der Waals surface area contributed by atoms with Gasteiger partial charge in [0.2, 0.25) is 0 Å². The van der Waals surface area contributed by atoms with Crippen molar-refractivity contribution in [3.8, 4) is 0 Å². The fourth-order valence-corrected chi connectivity index (χ4v) is 0.561. The molecule has 0 aliphatic heterocycles. The summed E-state index contributed by atoms with van der Waals surface area (Å²) in [7, 11) is 0. The summed E-state index contributed by atoms with van der Waals surface area (Å²) >= 11 is 0. The van der Waals surface area contributed by atoms with E-state index < -0.39 is 11.8 Å². The molecule has 0 aliphatic carbocycles. The Bertz CT molecular complexity index is 155. The molecule has 0 heterocycles. The van der Waals surface area contributed by atoms with Crippen LogP contribution in [0.1, 0.15) is 20.3 Å². The number of nitrogens with two attached hydrogens (primary N) is 1. The molecule has 11 heavy (non-hydrogen) atoms. The predicted octanol–water partition coefficient (Wildman–Crippen LogP) is -0.366. The first-order valence-electron chi connectivity index (χ1n) is 3.61. The third kappa shape index (κ3) is 5.39. The lowest BCUT2D eigenvalue weighted by Crippen LogP contribution is -2.36. The molecule has 0 aromatic rings. The Morgan fingerprint density at radius 3 is 2.36 bits per heavy atom. The van der Waals surface area contributed by atoms with Crippen molar-refractivity contribution in [2.24, 2.45) is 11.7 Å². The van der Waals surface area contributed by atoms with Gasteiger partial charge in [0.25, 0.3) is 0 Å². The first kappa shape index (κ1) is 9.94. The molecule has 0 radical (unpaired) electrons. The van der Waals surface area contributed by atoms with Crippen LogP contribution < -0.4 is 11.1 Å². The van der Waals surface area contributed by atoms with Crippen molar-refractivity contribution in [1.29, 1.82) is 0 Å². The Balaban J connectivity index is 3.40. The Morgan fingerprint density at radius 1 is 1.45 bits per heavy atom. The second kappa shape index (κ2) is 4.71. The highest BCUT2D eigenvalue weighted by Crippen LogP contribution is 1.95. The lowest BCUT2D eigenvalue weighted by molar-refractivity contribution is -0.137. The Kier molecular flexibility index (Phi) is 4.26. The highest BCUT2D eigenvalue weighted by atomic mass is 16.2. The van der Waals surface area contributed by atoms with Crippen LogP contribution in [0.4, 0.5) is 0 Å². The van der Waals surface area contributed by atoms with E-state index in [0.717, 1.165) is 6.42 Å². The third-order valence-corrected chi connectivity index (χ3v) is 1.23. The average molecular weight is 158 g/mol. The standard InChI is InChI=1S/C7H14N2O2/c1-5(2)3-4-9-7(11)6(8)10/h5H,3-4H2,1-2H3,(H2,8,10)(H,9,11). The summed E-state index contributed by atoms with van der Waals surface area (Å²) in [6.07, 6.45) is 0.860. The zero-order valence-electron chi connectivity index (χ0n) is 6.89.